The van der Waals surface area contributed by atoms with Gasteiger partial charge in [-0.3, -0.25) is 4.79 Å². The van der Waals surface area contributed by atoms with Crippen LogP contribution in [0.1, 0.15) is 41.2 Å². The summed E-state index contributed by atoms with van der Waals surface area (Å²) in [6.07, 6.45) is -11.8. The van der Waals surface area contributed by atoms with Crippen LogP contribution in [0, 0.1) is 0 Å². The third-order valence-electron chi connectivity index (χ3n) is 6.92. The lowest BCUT2D eigenvalue weighted by Crippen LogP contribution is -2.32. The van der Waals surface area contributed by atoms with Crippen LogP contribution in [0.2, 0.25) is 0 Å². The van der Waals surface area contributed by atoms with Crippen molar-refractivity contribution in [3.8, 4) is 5.75 Å². The average molecular weight is 670 g/mol. The maximum absolute atomic E-state index is 13.1. The molecule has 0 amide bonds. The predicted molar refractivity (Wildman–Crippen MR) is 159 cm³/mol. The van der Waals surface area contributed by atoms with Crippen molar-refractivity contribution in [2.45, 2.75) is 44.3 Å². The van der Waals surface area contributed by atoms with E-state index in [1.54, 1.807) is 0 Å². The minimum atomic E-state index is -5.34. The molecule has 15 heteroatoms. The second-order valence-electron chi connectivity index (χ2n) is 10.4. The lowest BCUT2D eigenvalue weighted by molar-refractivity contribution is -0.205. The third kappa shape index (κ3) is 9.40. The second-order valence-corrected chi connectivity index (χ2v) is 11.3. The molecule has 0 spiro atoms. The predicted octanol–water partition coefficient (Wildman–Crippen LogP) is 5.93. The van der Waals surface area contributed by atoms with Crippen LogP contribution in [-0.2, 0) is 27.3 Å². The molecular formula is C31H29F6N3O5S. The first-order chi connectivity index (χ1) is 21.7. The van der Waals surface area contributed by atoms with Gasteiger partial charge in [0.2, 0.25) is 0 Å². The zero-order chi connectivity index (χ0) is 33.5. The Bertz CT molecular complexity index is 1690. The number of hydrogen-bond acceptors (Lipinski definition) is 8. The molecule has 4 rings (SSSR count). The van der Waals surface area contributed by atoms with Crippen LogP contribution in [0.3, 0.4) is 0 Å². The first-order valence-electron chi connectivity index (χ1n) is 14.0. The summed E-state index contributed by atoms with van der Waals surface area (Å²) >= 11 is 0.444. The van der Waals surface area contributed by atoms with Gasteiger partial charge in [-0.2, -0.15) is 26.3 Å². The number of thiazole rings is 1. The molecule has 246 valence electrons. The fourth-order valence-corrected chi connectivity index (χ4v) is 5.47. The molecule has 2 atom stereocenters. The average Bonchev–Trinajstić information content (AvgIpc) is 3.40. The Kier molecular flexibility index (Phi) is 11.2. The van der Waals surface area contributed by atoms with Gasteiger partial charge in [0.15, 0.2) is 5.75 Å². The van der Waals surface area contributed by atoms with E-state index in [1.807, 2.05) is 42.5 Å². The Labute approximate surface area is 262 Å². The molecule has 3 aromatic carbocycles. The highest BCUT2D eigenvalue weighted by Gasteiger charge is 2.43. The van der Waals surface area contributed by atoms with E-state index in [1.165, 1.54) is 5.56 Å². The van der Waals surface area contributed by atoms with Gasteiger partial charge in [-0.1, -0.05) is 72.9 Å². The SMILES string of the molecule is C[C@H](CNCc1ccc(CCNC[C@H](OC(=O)C(F)(F)F)c2ccc(OC(=O)C(F)(F)F)c3[nH]c(=O)sc23)cc1)c1ccccc1. The zero-order valence-corrected chi connectivity index (χ0v) is 25.1. The van der Waals surface area contributed by atoms with Crippen molar-refractivity contribution in [2.75, 3.05) is 19.6 Å². The molecule has 0 unspecified atom stereocenters. The normalized spacial score (nSPS) is 13.4. The summed E-state index contributed by atoms with van der Waals surface area (Å²) in [7, 11) is 0. The number of nitrogens with one attached hydrogen (secondary N) is 3. The number of rotatable bonds is 13. The number of aromatic nitrogens is 1. The maximum atomic E-state index is 13.1. The first kappa shape index (κ1) is 34.7. The topological polar surface area (TPSA) is 110 Å². The highest BCUT2D eigenvalue weighted by molar-refractivity contribution is 7.16. The summed E-state index contributed by atoms with van der Waals surface area (Å²) in [4.78, 5) is 36.6. The number of esters is 2. The summed E-state index contributed by atoms with van der Waals surface area (Å²) in [5, 5.41) is 6.36. The Balaban J connectivity index is 1.39. The van der Waals surface area contributed by atoms with Crippen molar-refractivity contribution in [1.82, 2.24) is 15.6 Å². The molecule has 1 aromatic heterocycles. The number of fused-ring (bicyclic) bond motifs is 1. The van der Waals surface area contributed by atoms with E-state index in [0.717, 1.165) is 29.8 Å². The van der Waals surface area contributed by atoms with Gasteiger partial charge in [-0.15, -0.1) is 0 Å². The maximum Gasteiger partial charge on any atom is 0.491 e. The monoisotopic (exact) mass is 669 g/mol. The highest BCUT2D eigenvalue weighted by Crippen LogP contribution is 2.35. The molecule has 0 bridgehead atoms. The van der Waals surface area contributed by atoms with Crippen LogP contribution in [0.25, 0.3) is 10.2 Å². The van der Waals surface area contributed by atoms with Crippen LogP contribution in [-0.4, -0.2) is 48.9 Å². The van der Waals surface area contributed by atoms with E-state index in [0.29, 0.717) is 30.2 Å². The molecule has 8 nitrogen and oxygen atoms in total. The van der Waals surface area contributed by atoms with E-state index in [9.17, 15) is 40.7 Å². The first-order valence-corrected chi connectivity index (χ1v) is 14.8. The van der Waals surface area contributed by atoms with Gasteiger partial charge in [-0.05, 0) is 47.7 Å². The molecule has 0 fully saturated rings. The van der Waals surface area contributed by atoms with Crippen molar-refractivity contribution >= 4 is 33.5 Å². The van der Waals surface area contributed by atoms with Crippen molar-refractivity contribution < 1.29 is 45.4 Å². The third-order valence-corrected chi connectivity index (χ3v) is 7.86. The smallest absolute Gasteiger partial charge is 0.449 e. The highest BCUT2D eigenvalue weighted by atomic mass is 32.1. The molecule has 0 aliphatic carbocycles. The zero-order valence-electron chi connectivity index (χ0n) is 24.3. The standard InChI is InChI=1S/C31H29F6N3O5S/c1-18(21-5-3-2-4-6-21)15-39-16-20-9-7-19(8-10-20)13-14-38-17-24(45-28(42)31(35,36)37)22-11-12-23(44-27(41)30(32,33)34)25-26(22)46-29(43)40-25/h2-12,18,24,38-39H,13-17H2,1H3,(H,40,43)/t18-,24+/m1/s1. The van der Waals surface area contributed by atoms with Crippen molar-refractivity contribution in [2.24, 2.45) is 0 Å². The minimum Gasteiger partial charge on any atom is -0.449 e. The van der Waals surface area contributed by atoms with Gasteiger partial charge < -0.3 is 25.1 Å². The molecule has 0 saturated heterocycles. The molecule has 3 N–H and O–H groups in total. The Morgan fingerprint density at radius 2 is 1.50 bits per heavy atom. The van der Waals surface area contributed by atoms with E-state index < -0.39 is 41.0 Å². The molecule has 4 aromatic rings. The Morgan fingerprint density at radius 1 is 0.848 bits per heavy atom. The summed E-state index contributed by atoms with van der Waals surface area (Å²) in [6.45, 7) is 3.53. The molecule has 1 heterocycles. The second kappa shape index (κ2) is 14.9. The summed E-state index contributed by atoms with van der Waals surface area (Å²) in [6, 6.07) is 19.8. The van der Waals surface area contributed by atoms with Gasteiger partial charge in [-0.25, -0.2) is 9.59 Å². The number of carbonyl (C=O) groups is 2. The van der Waals surface area contributed by atoms with E-state index >= 15 is 0 Å². The number of hydrogen-bond donors (Lipinski definition) is 3. The number of alkyl halides is 6. The van der Waals surface area contributed by atoms with Crippen LogP contribution in [0.15, 0.2) is 71.5 Å². The Morgan fingerprint density at radius 3 is 2.15 bits per heavy atom. The lowest BCUT2D eigenvalue weighted by atomic mass is 10.0. The van der Waals surface area contributed by atoms with Crippen molar-refractivity contribution in [3.63, 3.8) is 0 Å². The number of aromatic amines is 1. The molecule has 0 radical (unpaired) electrons. The number of carbonyl (C=O) groups excluding carboxylic acids is 2. The molecule has 46 heavy (non-hydrogen) atoms. The minimum absolute atomic E-state index is 0.103. The van der Waals surface area contributed by atoms with Gasteiger partial charge in [0.25, 0.3) is 0 Å². The largest absolute Gasteiger partial charge is 0.491 e. The van der Waals surface area contributed by atoms with Crippen LogP contribution in [0.5, 0.6) is 5.75 Å². The van der Waals surface area contributed by atoms with E-state index in [4.69, 9.17) is 4.74 Å². The van der Waals surface area contributed by atoms with Crippen molar-refractivity contribution in [3.05, 3.63) is 98.7 Å². The van der Waals surface area contributed by atoms with Gasteiger partial charge in [0.1, 0.15) is 11.6 Å². The van der Waals surface area contributed by atoms with Gasteiger partial charge in [0, 0.05) is 25.2 Å². The van der Waals surface area contributed by atoms with Crippen LogP contribution < -0.4 is 20.2 Å². The van der Waals surface area contributed by atoms with Crippen molar-refractivity contribution in [1.29, 1.82) is 0 Å². The number of H-pyrrole nitrogens is 1. The van der Waals surface area contributed by atoms with Gasteiger partial charge in [0.05, 0.1) is 4.70 Å². The molecule has 0 aliphatic rings. The molecule has 0 saturated carbocycles. The molecular weight excluding hydrogens is 640 g/mol. The van der Waals surface area contributed by atoms with Gasteiger partial charge >= 0.3 is 29.2 Å². The quantitative estimate of drug-likeness (QED) is 0.0701. The summed E-state index contributed by atoms with van der Waals surface area (Å²) in [5.41, 5.74) is 2.77. The Hall–Kier alpha value is -4.21. The number of ether oxygens (including phenoxy) is 2. The lowest BCUT2D eigenvalue weighted by Gasteiger charge is -2.21. The van der Waals surface area contributed by atoms with E-state index in [-0.39, 0.29) is 28.9 Å². The van der Waals surface area contributed by atoms with Crippen LogP contribution in [0.4, 0.5) is 26.3 Å². The van der Waals surface area contributed by atoms with Crippen LogP contribution >= 0.6 is 11.3 Å². The fourth-order valence-electron chi connectivity index (χ4n) is 4.56. The fraction of sp³-hybridized carbons (Fsp3) is 0.323. The molecule has 0 aliphatic heterocycles. The number of benzene rings is 3. The van der Waals surface area contributed by atoms with E-state index in [2.05, 4.69) is 39.4 Å². The summed E-state index contributed by atoms with van der Waals surface area (Å²) in [5.74, 6) is -5.38. The summed E-state index contributed by atoms with van der Waals surface area (Å²) < 4.78 is 86.4. The number of halogens is 6.